The van der Waals surface area contributed by atoms with E-state index in [1.807, 2.05) is 47.2 Å². The van der Waals surface area contributed by atoms with Gasteiger partial charge in [0.1, 0.15) is 5.82 Å². The second-order valence-corrected chi connectivity index (χ2v) is 16.7. The Balaban J connectivity index is 0.977. The number of benzene rings is 2. The van der Waals surface area contributed by atoms with Gasteiger partial charge < -0.3 is 4.90 Å². The predicted octanol–water partition coefficient (Wildman–Crippen LogP) is 10.7. The maximum Gasteiger partial charge on any atom is 0.267 e. The molecule has 2 atom stereocenters. The highest BCUT2D eigenvalue weighted by Gasteiger charge is 2.46. The molecular formula is C49H60F3N5O. The van der Waals surface area contributed by atoms with Crippen LogP contribution in [0.15, 0.2) is 95.8 Å². The zero-order valence-corrected chi connectivity index (χ0v) is 35.0. The molecule has 6 nitrogen and oxygen atoms in total. The minimum atomic E-state index is -3.00. The summed E-state index contributed by atoms with van der Waals surface area (Å²) in [5.41, 5.74) is 9.03. The minimum absolute atomic E-state index is 0.0344. The fourth-order valence-electron chi connectivity index (χ4n) is 9.08. The van der Waals surface area contributed by atoms with E-state index in [2.05, 4.69) is 79.3 Å². The van der Waals surface area contributed by atoms with Gasteiger partial charge in [-0.05, 0) is 163 Å². The van der Waals surface area contributed by atoms with Gasteiger partial charge in [0.25, 0.3) is 11.8 Å². The number of halogens is 3. The van der Waals surface area contributed by atoms with Gasteiger partial charge in [-0.3, -0.25) is 24.6 Å². The second-order valence-electron chi connectivity index (χ2n) is 16.7. The summed E-state index contributed by atoms with van der Waals surface area (Å²) in [5, 5.41) is 0. The van der Waals surface area contributed by atoms with Crippen LogP contribution in [0.4, 0.5) is 13.2 Å². The van der Waals surface area contributed by atoms with Crippen molar-refractivity contribution in [3.8, 4) is 0 Å². The van der Waals surface area contributed by atoms with Crippen molar-refractivity contribution in [2.45, 2.75) is 90.5 Å². The fraction of sp³-hybridized carbons (Fsp3) is 0.449. The Bertz CT molecular complexity index is 2040. The summed E-state index contributed by atoms with van der Waals surface area (Å²) in [4.78, 5) is 28.3. The molecule has 0 N–H and O–H groups in total. The first kappa shape index (κ1) is 43.0. The van der Waals surface area contributed by atoms with E-state index in [9.17, 15) is 9.18 Å². The Labute approximate surface area is 344 Å². The number of likely N-dealkylation sites (tertiary alicyclic amines) is 3. The molecule has 6 rings (SSSR count). The molecule has 9 heteroatoms. The molecule has 4 heterocycles. The zero-order chi connectivity index (χ0) is 41.6. The highest BCUT2D eigenvalue weighted by molar-refractivity contribution is 5.94. The number of aryl methyl sites for hydroxylation is 2. The summed E-state index contributed by atoms with van der Waals surface area (Å²) in [6, 6.07) is 15.1. The van der Waals surface area contributed by atoms with Crippen LogP contribution in [0.3, 0.4) is 0 Å². The largest absolute Gasteiger partial charge is 0.339 e. The van der Waals surface area contributed by atoms with Crippen LogP contribution in [0.2, 0.25) is 0 Å². The number of alkyl halides is 2. The van der Waals surface area contributed by atoms with E-state index in [0.717, 1.165) is 66.7 Å². The van der Waals surface area contributed by atoms with Crippen LogP contribution >= 0.6 is 0 Å². The first-order valence-electron chi connectivity index (χ1n) is 20.9. The Morgan fingerprint density at radius 1 is 0.983 bits per heavy atom. The van der Waals surface area contributed by atoms with Crippen LogP contribution in [0.5, 0.6) is 0 Å². The Hall–Kier alpha value is -4.60. The van der Waals surface area contributed by atoms with Gasteiger partial charge >= 0.3 is 0 Å². The van der Waals surface area contributed by atoms with Gasteiger partial charge in [-0.15, -0.1) is 0 Å². The number of hydrogen-bond donors (Lipinski definition) is 0. The number of carbonyl (C=O) groups is 1. The minimum Gasteiger partial charge on any atom is -0.339 e. The summed E-state index contributed by atoms with van der Waals surface area (Å²) in [6.07, 6.45) is 14.0. The lowest BCUT2D eigenvalue weighted by Gasteiger charge is -2.41. The third kappa shape index (κ3) is 10.2. The summed E-state index contributed by atoms with van der Waals surface area (Å²) < 4.78 is 45.2. The van der Waals surface area contributed by atoms with Crippen LogP contribution in [-0.2, 0) is 0 Å². The van der Waals surface area contributed by atoms with E-state index < -0.39 is 17.7 Å². The van der Waals surface area contributed by atoms with E-state index in [1.54, 1.807) is 13.0 Å². The number of pyridine rings is 1. The molecule has 0 spiro atoms. The quantitative estimate of drug-likeness (QED) is 0.135. The molecule has 58 heavy (non-hydrogen) atoms. The molecule has 308 valence electrons. The number of aromatic nitrogens is 1. The number of allylic oxidation sites excluding steroid dienone is 4. The number of aliphatic imine (C=N–C) groups is 1. The van der Waals surface area contributed by atoms with Gasteiger partial charge in [-0.1, -0.05) is 54.6 Å². The number of rotatable bonds is 12. The van der Waals surface area contributed by atoms with Crippen LogP contribution in [-0.4, -0.2) is 90.1 Å². The van der Waals surface area contributed by atoms with Crippen molar-refractivity contribution in [2.24, 2.45) is 10.9 Å². The molecule has 1 aromatic heterocycles. The molecule has 3 fully saturated rings. The molecule has 0 aliphatic carbocycles. The number of carbonyl (C=O) groups excluding carboxylic acids is 1. The lowest BCUT2D eigenvalue weighted by Crippen LogP contribution is -2.50. The zero-order valence-electron chi connectivity index (χ0n) is 35.0. The average Bonchev–Trinajstić information content (AvgIpc) is 3.22. The smallest absolute Gasteiger partial charge is 0.267 e. The van der Waals surface area contributed by atoms with E-state index >= 15 is 8.78 Å². The van der Waals surface area contributed by atoms with E-state index in [0.29, 0.717) is 43.4 Å². The van der Waals surface area contributed by atoms with Crippen LogP contribution in [0.25, 0.3) is 11.6 Å². The van der Waals surface area contributed by atoms with Crippen LogP contribution in [0.1, 0.15) is 109 Å². The van der Waals surface area contributed by atoms with Gasteiger partial charge in [0.2, 0.25) is 0 Å². The SMILES string of the molecule is C=NC(=C)/C=C\C(=C/C)c1ccnc(C)c1/C=C(\C)C(C)N1CCC(c2ccc(C(=O)N3CCC(CN4CCC(c5ccc(C)cc5F)C(F)(F)C4)CC3)cc2)CC1. The molecule has 0 bridgehead atoms. The van der Waals surface area contributed by atoms with Gasteiger partial charge in [0.15, 0.2) is 0 Å². The first-order valence-corrected chi connectivity index (χ1v) is 20.9. The number of piperidine rings is 3. The van der Waals surface area contributed by atoms with Crippen molar-refractivity contribution in [3.05, 3.63) is 136 Å². The van der Waals surface area contributed by atoms with Gasteiger partial charge in [0, 0.05) is 48.7 Å². The summed E-state index contributed by atoms with van der Waals surface area (Å²) in [5.74, 6) is -3.91. The third-order valence-electron chi connectivity index (χ3n) is 12.8. The van der Waals surface area contributed by atoms with E-state index in [1.165, 1.54) is 23.3 Å². The molecule has 3 aliphatic rings. The normalized spacial score (nSPS) is 21.0. The highest BCUT2D eigenvalue weighted by atomic mass is 19.3. The van der Waals surface area contributed by atoms with Gasteiger partial charge in [-0.25, -0.2) is 13.2 Å². The fourth-order valence-corrected chi connectivity index (χ4v) is 9.08. The van der Waals surface area contributed by atoms with Crippen molar-refractivity contribution in [2.75, 3.05) is 45.8 Å². The summed E-state index contributed by atoms with van der Waals surface area (Å²) in [6.45, 7) is 21.8. The van der Waals surface area contributed by atoms with Crippen molar-refractivity contribution in [1.82, 2.24) is 19.7 Å². The number of amides is 1. The molecule has 2 unspecified atom stereocenters. The molecule has 2 aromatic carbocycles. The van der Waals surface area contributed by atoms with E-state index in [4.69, 9.17) is 0 Å². The number of hydrogen-bond acceptors (Lipinski definition) is 5. The van der Waals surface area contributed by atoms with Crippen LogP contribution in [0, 0.1) is 25.6 Å². The molecule has 3 aromatic rings. The van der Waals surface area contributed by atoms with Crippen molar-refractivity contribution >= 4 is 24.3 Å². The standard InChI is InChI=1S/C49H60F3N5O/c1-8-39(11-10-35(4)53-7)43-17-23-54-36(5)45(43)30-34(3)37(6)56-27-20-41(21-28-56)40-12-14-42(15-13-40)48(58)57-25-18-38(19-26-57)31-55-24-22-46(49(51,52)32-55)44-16-9-33(2)29-47(44)50/h8-17,23,29-30,37-38,41,46H,4,7,18-22,24-28,31-32H2,1-3,5-6H3/b11-10-,34-30+,39-8+. The Morgan fingerprint density at radius 3 is 2.33 bits per heavy atom. The lowest BCUT2D eigenvalue weighted by molar-refractivity contribution is -0.0873. The van der Waals surface area contributed by atoms with E-state index in [-0.39, 0.29) is 36.4 Å². The predicted molar refractivity (Wildman–Crippen MR) is 232 cm³/mol. The Kier molecular flexibility index (Phi) is 14.1. The molecule has 3 saturated heterocycles. The van der Waals surface area contributed by atoms with Crippen molar-refractivity contribution in [3.63, 3.8) is 0 Å². The van der Waals surface area contributed by atoms with Crippen molar-refractivity contribution in [1.29, 1.82) is 0 Å². The second kappa shape index (κ2) is 19.0. The molecule has 3 aliphatic heterocycles. The topological polar surface area (TPSA) is 52.0 Å². The van der Waals surface area contributed by atoms with Crippen LogP contribution < -0.4 is 0 Å². The highest BCUT2D eigenvalue weighted by Crippen LogP contribution is 2.42. The summed E-state index contributed by atoms with van der Waals surface area (Å²) >= 11 is 0. The summed E-state index contributed by atoms with van der Waals surface area (Å²) in [7, 11) is 0. The van der Waals surface area contributed by atoms with Gasteiger partial charge in [-0.2, -0.15) is 0 Å². The maximum absolute atomic E-state index is 15.3. The molecule has 0 radical (unpaired) electrons. The van der Waals surface area contributed by atoms with Crippen molar-refractivity contribution < 1.29 is 18.0 Å². The molecular weight excluding hydrogens is 732 g/mol. The van der Waals surface area contributed by atoms with Gasteiger partial charge in [0.05, 0.1) is 18.2 Å². The monoisotopic (exact) mass is 791 g/mol. The third-order valence-corrected chi connectivity index (χ3v) is 12.8. The maximum atomic E-state index is 15.3. The number of nitrogens with zero attached hydrogens (tertiary/aromatic N) is 5. The first-order chi connectivity index (χ1) is 27.8. The lowest BCUT2D eigenvalue weighted by atomic mass is 9.84. The Morgan fingerprint density at radius 2 is 1.69 bits per heavy atom. The average molecular weight is 792 g/mol. The molecule has 1 amide bonds. The molecule has 0 saturated carbocycles.